The summed E-state index contributed by atoms with van der Waals surface area (Å²) in [5, 5.41) is 7.48. The molecule has 4 heterocycles. The van der Waals surface area contributed by atoms with Crippen LogP contribution in [-0.4, -0.2) is 82.5 Å². The second kappa shape index (κ2) is 9.01. The van der Waals surface area contributed by atoms with Gasteiger partial charge in [0, 0.05) is 38.4 Å². The van der Waals surface area contributed by atoms with Crippen LogP contribution in [0.2, 0.25) is 5.02 Å². The Labute approximate surface area is 179 Å². The first-order valence-corrected chi connectivity index (χ1v) is 10.0. The first-order valence-electron chi connectivity index (χ1n) is 9.65. The number of halogens is 1. The molecule has 4 rings (SSSR count). The van der Waals surface area contributed by atoms with Crippen LogP contribution in [0.1, 0.15) is 29.8 Å². The van der Waals surface area contributed by atoms with E-state index in [1.54, 1.807) is 33.8 Å². The first kappa shape index (κ1) is 22.0. The summed E-state index contributed by atoms with van der Waals surface area (Å²) in [6, 6.07) is 3.53. The zero-order chi connectivity index (χ0) is 21.9. The van der Waals surface area contributed by atoms with Crippen molar-refractivity contribution in [2.45, 2.75) is 25.4 Å². The molecular weight excluding hydrogens is 412 g/mol. The summed E-state index contributed by atoms with van der Waals surface area (Å²) in [6.45, 7) is 1.56. The quantitative estimate of drug-likeness (QED) is 0.577. The zero-order valence-corrected chi connectivity index (χ0v) is 17.7. The van der Waals surface area contributed by atoms with Gasteiger partial charge in [-0.2, -0.15) is 0 Å². The van der Waals surface area contributed by atoms with Gasteiger partial charge in [-0.3, -0.25) is 14.4 Å². The number of ether oxygens (including phenoxy) is 1. The number of piperidine rings is 1. The summed E-state index contributed by atoms with van der Waals surface area (Å²) in [5.74, 6) is -0.218. The fourth-order valence-corrected chi connectivity index (χ4v) is 4.29. The Bertz CT molecular complexity index is 936. The van der Waals surface area contributed by atoms with Crippen molar-refractivity contribution in [3.05, 3.63) is 35.2 Å². The Morgan fingerprint density at radius 3 is 2.67 bits per heavy atom. The lowest BCUT2D eigenvalue weighted by atomic mass is 9.76. The number of cyclic esters (lactones) is 1. The molecule has 2 aliphatic rings. The van der Waals surface area contributed by atoms with Crippen LogP contribution in [0.15, 0.2) is 24.5 Å². The molecule has 0 radical (unpaired) electrons. The van der Waals surface area contributed by atoms with Crippen molar-refractivity contribution in [2.75, 3.05) is 33.7 Å². The number of aromatic nitrogens is 2. The van der Waals surface area contributed by atoms with Crippen LogP contribution >= 0.6 is 11.6 Å². The number of nitrogens with zero attached hydrogens (tertiary/aromatic N) is 4. The minimum absolute atomic E-state index is 0.0575. The van der Waals surface area contributed by atoms with E-state index >= 15 is 0 Å². The van der Waals surface area contributed by atoms with E-state index in [4.69, 9.17) is 26.2 Å². The Morgan fingerprint density at radius 1 is 1.37 bits per heavy atom. The van der Waals surface area contributed by atoms with Crippen LogP contribution in [0.4, 0.5) is 0 Å². The molecule has 1 N–H and O–H groups in total. The van der Waals surface area contributed by atoms with E-state index in [0.29, 0.717) is 42.3 Å². The number of likely N-dealkylation sites (N-methyl/N-ethyl adjacent to an activating group) is 1. The van der Waals surface area contributed by atoms with Crippen molar-refractivity contribution in [3.8, 4) is 0 Å². The summed E-state index contributed by atoms with van der Waals surface area (Å²) in [6.07, 6.45) is 5.38. The number of rotatable bonds is 3. The average molecular weight is 437 g/mol. The third-order valence-electron chi connectivity index (χ3n) is 5.54. The molecule has 0 saturated carbocycles. The minimum Gasteiger partial charge on any atom is -0.483 e. The van der Waals surface area contributed by atoms with Crippen LogP contribution < -0.4 is 0 Å². The van der Waals surface area contributed by atoms with Crippen molar-refractivity contribution in [3.63, 3.8) is 0 Å². The number of hydrogen-bond donors (Lipinski definition) is 1. The Balaban J connectivity index is 0.000000806. The number of amides is 1. The maximum absolute atomic E-state index is 12.8. The Morgan fingerprint density at radius 2 is 2.03 bits per heavy atom. The number of carbonyl (C=O) groups excluding carboxylic acids is 2. The molecule has 1 amide bonds. The molecule has 0 aromatic carbocycles. The number of fused-ring (bicyclic) bond motifs is 1. The summed E-state index contributed by atoms with van der Waals surface area (Å²) in [5.41, 5.74) is 0.638. The van der Waals surface area contributed by atoms with Crippen molar-refractivity contribution in [1.82, 2.24) is 19.2 Å². The lowest BCUT2D eigenvalue weighted by Crippen LogP contribution is -2.45. The molecule has 162 valence electrons. The standard InChI is InChI=1S/C19H23ClN4O3.CH2O2/c1-22(2)11-14-9-19(18(26)27-14)5-7-23(8-6-19)17(25)15-12-24-10-13(20)3-4-16(24)21-15;2-1-3/h3-4,10,12,14H,5-9,11H2,1-2H3;1H,(H,2,3). The Kier molecular flexibility index (Phi) is 6.62. The van der Waals surface area contributed by atoms with Gasteiger partial charge in [0.05, 0.1) is 10.4 Å². The highest BCUT2D eigenvalue weighted by Crippen LogP contribution is 2.43. The summed E-state index contributed by atoms with van der Waals surface area (Å²) >= 11 is 5.99. The highest BCUT2D eigenvalue weighted by atomic mass is 35.5. The lowest BCUT2D eigenvalue weighted by molar-refractivity contribution is -0.150. The molecule has 1 spiro atoms. The number of imidazole rings is 1. The van der Waals surface area contributed by atoms with Crippen molar-refractivity contribution < 1.29 is 24.2 Å². The first-order chi connectivity index (χ1) is 14.3. The van der Waals surface area contributed by atoms with Gasteiger partial charge in [-0.15, -0.1) is 0 Å². The summed E-state index contributed by atoms with van der Waals surface area (Å²) in [7, 11) is 3.95. The molecule has 9 nitrogen and oxygen atoms in total. The van der Waals surface area contributed by atoms with Crippen molar-refractivity contribution in [1.29, 1.82) is 0 Å². The number of esters is 1. The topological polar surface area (TPSA) is 104 Å². The van der Waals surface area contributed by atoms with Gasteiger partial charge in [0.25, 0.3) is 12.4 Å². The van der Waals surface area contributed by atoms with Crippen LogP contribution in [0.3, 0.4) is 0 Å². The molecule has 2 fully saturated rings. The largest absolute Gasteiger partial charge is 0.483 e. The number of carboxylic acid groups (broad SMARTS) is 1. The van der Waals surface area contributed by atoms with Crippen LogP contribution in [0.5, 0.6) is 0 Å². The number of likely N-dealkylation sites (tertiary alicyclic amines) is 1. The SMILES string of the molecule is CN(C)CC1CC2(CCN(C(=O)c3cn4cc(Cl)ccc4n3)CC2)C(=O)O1.O=CO. The average Bonchev–Trinajstić information content (AvgIpc) is 3.23. The zero-order valence-electron chi connectivity index (χ0n) is 17.0. The molecule has 2 aliphatic heterocycles. The van der Waals surface area contributed by atoms with Gasteiger partial charge in [-0.05, 0) is 39.1 Å². The fourth-order valence-electron chi connectivity index (χ4n) is 4.12. The molecule has 2 saturated heterocycles. The van der Waals surface area contributed by atoms with Gasteiger partial charge < -0.3 is 24.0 Å². The van der Waals surface area contributed by atoms with Crippen LogP contribution in [0.25, 0.3) is 5.65 Å². The van der Waals surface area contributed by atoms with Gasteiger partial charge in [0.2, 0.25) is 0 Å². The highest BCUT2D eigenvalue weighted by molar-refractivity contribution is 6.30. The monoisotopic (exact) mass is 436 g/mol. The summed E-state index contributed by atoms with van der Waals surface area (Å²) in [4.78, 5) is 41.9. The fraction of sp³-hybridized carbons (Fsp3) is 0.500. The van der Waals surface area contributed by atoms with Gasteiger partial charge in [0.1, 0.15) is 17.4 Å². The van der Waals surface area contributed by atoms with E-state index in [2.05, 4.69) is 4.98 Å². The van der Waals surface area contributed by atoms with Crippen molar-refractivity contribution >= 4 is 35.6 Å². The number of hydrogen-bond acceptors (Lipinski definition) is 6. The molecular formula is C20H25ClN4O5. The van der Waals surface area contributed by atoms with Gasteiger partial charge in [-0.25, -0.2) is 4.98 Å². The molecule has 0 bridgehead atoms. The lowest BCUT2D eigenvalue weighted by Gasteiger charge is -2.36. The molecule has 0 aliphatic carbocycles. The smallest absolute Gasteiger partial charge is 0.312 e. The summed E-state index contributed by atoms with van der Waals surface area (Å²) < 4.78 is 7.34. The maximum Gasteiger partial charge on any atom is 0.312 e. The van der Waals surface area contributed by atoms with Gasteiger partial charge >= 0.3 is 5.97 Å². The third-order valence-corrected chi connectivity index (χ3v) is 5.76. The second-order valence-corrected chi connectivity index (χ2v) is 8.35. The minimum atomic E-state index is -0.441. The Hall–Kier alpha value is -2.65. The molecule has 1 unspecified atom stereocenters. The second-order valence-electron chi connectivity index (χ2n) is 7.91. The number of carbonyl (C=O) groups is 3. The maximum atomic E-state index is 12.8. The van der Waals surface area contributed by atoms with Gasteiger partial charge in [-0.1, -0.05) is 11.6 Å². The van der Waals surface area contributed by atoms with Crippen LogP contribution in [0, 0.1) is 5.41 Å². The normalized spacial score (nSPS) is 20.2. The third kappa shape index (κ3) is 4.57. The van der Waals surface area contributed by atoms with E-state index in [1.165, 1.54) is 0 Å². The van der Waals surface area contributed by atoms with E-state index < -0.39 is 5.41 Å². The molecule has 1 atom stereocenters. The predicted molar refractivity (Wildman–Crippen MR) is 110 cm³/mol. The van der Waals surface area contributed by atoms with Crippen LogP contribution in [-0.2, 0) is 14.3 Å². The van der Waals surface area contributed by atoms with Gasteiger partial charge in [0.15, 0.2) is 0 Å². The number of pyridine rings is 1. The molecule has 30 heavy (non-hydrogen) atoms. The van der Waals surface area contributed by atoms with E-state index in [0.717, 1.165) is 13.0 Å². The van der Waals surface area contributed by atoms with E-state index in [9.17, 15) is 9.59 Å². The molecule has 2 aromatic rings. The van der Waals surface area contributed by atoms with Crippen molar-refractivity contribution in [2.24, 2.45) is 5.41 Å². The highest BCUT2D eigenvalue weighted by Gasteiger charge is 2.50. The van der Waals surface area contributed by atoms with E-state index in [1.807, 2.05) is 19.0 Å². The predicted octanol–water partition coefficient (Wildman–Crippen LogP) is 1.79. The molecule has 10 heteroatoms. The van der Waals surface area contributed by atoms with E-state index in [-0.39, 0.29) is 24.5 Å². The molecule has 2 aromatic heterocycles.